The van der Waals surface area contributed by atoms with Gasteiger partial charge in [-0.05, 0) is 24.3 Å². The maximum absolute atomic E-state index is 12.6. The highest BCUT2D eigenvalue weighted by Crippen LogP contribution is 2.36. The minimum atomic E-state index is -1.12. The van der Waals surface area contributed by atoms with Gasteiger partial charge in [0.2, 0.25) is 6.79 Å². The van der Waals surface area contributed by atoms with Crippen molar-refractivity contribution in [2.75, 3.05) is 11.7 Å². The summed E-state index contributed by atoms with van der Waals surface area (Å²) in [4.78, 5) is 30.3. The molecule has 2 heterocycles. The van der Waals surface area contributed by atoms with Gasteiger partial charge in [0.05, 0.1) is 11.4 Å². The predicted molar refractivity (Wildman–Crippen MR) is 88.2 cm³/mol. The monoisotopic (exact) mass is 342 g/mol. The molecule has 0 radical (unpaired) electrons. The largest absolute Gasteiger partial charge is 0.454 e. The molecule has 0 bridgehead atoms. The van der Waals surface area contributed by atoms with E-state index in [4.69, 9.17) is 21.1 Å². The number of carbonyl (C=O) groups excluding carboxylic acids is 2. The van der Waals surface area contributed by atoms with Crippen LogP contribution in [0.4, 0.5) is 11.4 Å². The summed E-state index contributed by atoms with van der Waals surface area (Å²) < 4.78 is 10.5. The summed E-state index contributed by atoms with van der Waals surface area (Å²) in [7, 11) is 0. The van der Waals surface area contributed by atoms with E-state index in [1.54, 1.807) is 48.5 Å². The number of halogens is 1. The standard InChI is InChI=1S/C17H11ClN2O4/c18-14-15(19-10-6-7-12-13(8-10)24-9-23-12)17(22)20(16(14)21)11-4-2-1-3-5-11/h1-8,14H,9H2. The van der Waals surface area contributed by atoms with Crippen LogP contribution in [0.5, 0.6) is 11.5 Å². The highest BCUT2D eigenvalue weighted by Gasteiger charge is 2.44. The van der Waals surface area contributed by atoms with Gasteiger partial charge in [0, 0.05) is 6.07 Å². The fourth-order valence-electron chi connectivity index (χ4n) is 2.57. The first-order valence-corrected chi connectivity index (χ1v) is 7.64. The van der Waals surface area contributed by atoms with Gasteiger partial charge in [-0.2, -0.15) is 0 Å². The maximum Gasteiger partial charge on any atom is 0.281 e. The van der Waals surface area contributed by atoms with Crippen LogP contribution in [-0.4, -0.2) is 29.7 Å². The van der Waals surface area contributed by atoms with Crippen LogP contribution in [0.15, 0.2) is 53.5 Å². The zero-order valence-electron chi connectivity index (χ0n) is 12.3. The molecule has 0 spiro atoms. The van der Waals surface area contributed by atoms with E-state index in [0.717, 1.165) is 4.90 Å². The van der Waals surface area contributed by atoms with E-state index in [1.165, 1.54) is 0 Å². The Labute approximate surface area is 142 Å². The van der Waals surface area contributed by atoms with E-state index in [1.807, 2.05) is 0 Å². The van der Waals surface area contributed by atoms with Crippen LogP contribution in [0.3, 0.4) is 0 Å². The second-order valence-electron chi connectivity index (χ2n) is 5.21. The van der Waals surface area contributed by atoms with E-state index in [2.05, 4.69) is 4.99 Å². The van der Waals surface area contributed by atoms with E-state index in [0.29, 0.717) is 22.9 Å². The van der Waals surface area contributed by atoms with Crippen molar-refractivity contribution in [2.45, 2.75) is 5.38 Å². The molecule has 24 heavy (non-hydrogen) atoms. The minimum absolute atomic E-state index is 0.00983. The molecule has 0 saturated carbocycles. The van der Waals surface area contributed by atoms with Crippen molar-refractivity contribution in [1.82, 2.24) is 0 Å². The molecule has 0 N–H and O–H groups in total. The normalized spacial score (nSPS) is 21.0. The Hall–Kier alpha value is -2.86. The van der Waals surface area contributed by atoms with Crippen LogP contribution in [0, 0.1) is 0 Å². The lowest BCUT2D eigenvalue weighted by molar-refractivity contribution is -0.120. The number of ether oxygens (including phenoxy) is 2. The molecule has 6 nitrogen and oxygen atoms in total. The van der Waals surface area contributed by atoms with Crippen LogP contribution in [-0.2, 0) is 9.59 Å². The first kappa shape index (κ1) is 14.7. The molecule has 1 unspecified atom stereocenters. The molecule has 120 valence electrons. The highest BCUT2D eigenvalue weighted by molar-refractivity contribution is 6.68. The fraction of sp³-hybridized carbons (Fsp3) is 0.118. The van der Waals surface area contributed by atoms with Crippen molar-refractivity contribution >= 4 is 40.5 Å². The van der Waals surface area contributed by atoms with Crippen molar-refractivity contribution < 1.29 is 19.1 Å². The highest BCUT2D eigenvalue weighted by atomic mass is 35.5. The molecular weight excluding hydrogens is 332 g/mol. The zero-order valence-corrected chi connectivity index (χ0v) is 13.1. The Kier molecular flexibility index (Phi) is 3.46. The van der Waals surface area contributed by atoms with Gasteiger partial charge in [0.25, 0.3) is 11.8 Å². The number of amides is 2. The molecule has 0 aromatic heterocycles. The van der Waals surface area contributed by atoms with E-state index in [9.17, 15) is 9.59 Å². The van der Waals surface area contributed by atoms with Crippen LogP contribution < -0.4 is 14.4 Å². The molecular formula is C17H11ClN2O4. The second kappa shape index (κ2) is 5.65. The lowest BCUT2D eigenvalue weighted by atomic mass is 10.2. The average Bonchev–Trinajstić information content (AvgIpc) is 3.14. The third kappa shape index (κ3) is 2.32. The van der Waals surface area contributed by atoms with Crippen LogP contribution in [0.1, 0.15) is 0 Å². The van der Waals surface area contributed by atoms with Gasteiger partial charge >= 0.3 is 0 Å². The van der Waals surface area contributed by atoms with Crippen molar-refractivity contribution in [3.05, 3.63) is 48.5 Å². The molecule has 2 aromatic rings. The number of hydrogen-bond donors (Lipinski definition) is 0. The number of hydrogen-bond acceptors (Lipinski definition) is 5. The third-order valence-corrected chi connectivity index (χ3v) is 4.11. The molecule has 1 atom stereocenters. The maximum atomic E-state index is 12.6. The lowest BCUT2D eigenvalue weighted by Gasteiger charge is -2.12. The summed E-state index contributed by atoms with van der Waals surface area (Å²) in [6.07, 6.45) is 0. The summed E-state index contributed by atoms with van der Waals surface area (Å²) in [5, 5.41) is -1.12. The smallest absolute Gasteiger partial charge is 0.281 e. The topological polar surface area (TPSA) is 68.2 Å². The quantitative estimate of drug-likeness (QED) is 0.621. The number of rotatable bonds is 2. The van der Waals surface area contributed by atoms with Crippen LogP contribution >= 0.6 is 11.6 Å². The molecule has 2 aliphatic rings. The minimum Gasteiger partial charge on any atom is -0.454 e. The number of benzene rings is 2. The number of aliphatic imine (C=N–C) groups is 1. The zero-order chi connectivity index (χ0) is 16.7. The van der Waals surface area contributed by atoms with E-state index >= 15 is 0 Å². The number of nitrogens with zero attached hydrogens (tertiary/aromatic N) is 2. The molecule has 2 amide bonds. The molecule has 7 heteroatoms. The Morgan fingerprint density at radius 3 is 2.58 bits per heavy atom. The van der Waals surface area contributed by atoms with Crippen LogP contribution in [0.2, 0.25) is 0 Å². The average molecular weight is 343 g/mol. The number of anilines is 1. The summed E-state index contributed by atoms with van der Waals surface area (Å²) in [6, 6.07) is 13.6. The van der Waals surface area contributed by atoms with Crippen LogP contribution in [0.25, 0.3) is 0 Å². The molecule has 0 aliphatic carbocycles. The fourth-order valence-corrected chi connectivity index (χ4v) is 2.81. The van der Waals surface area contributed by atoms with Gasteiger partial charge in [-0.15, -0.1) is 11.6 Å². The van der Waals surface area contributed by atoms with Gasteiger partial charge in [0.15, 0.2) is 16.9 Å². The van der Waals surface area contributed by atoms with Crippen molar-refractivity contribution in [1.29, 1.82) is 0 Å². The third-order valence-electron chi connectivity index (χ3n) is 3.72. The SMILES string of the molecule is O=C1C(=Nc2ccc3c(c2)OCO3)C(Cl)C(=O)N1c1ccccc1. The molecule has 1 fully saturated rings. The summed E-state index contributed by atoms with van der Waals surface area (Å²) >= 11 is 6.14. The number of alkyl halides is 1. The lowest BCUT2D eigenvalue weighted by Crippen LogP contribution is -2.31. The Balaban J connectivity index is 1.71. The summed E-state index contributed by atoms with van der Waals surface area (Å²) in [6.45, 7) is 0.146. The number of para-hydroxylation sites is 1. The first-order valence-electron chi connectivity index (χ1n) is 7.21. The molecule has 1 saturated heterocycles. The number of imide groups is 1. The Bertz CT molecular complexity index is 866. The summed E-state index contributed by atoms with van der Waals surface area (Å²) in [5.74, 6) is 0.122. The van der Waals surface area contributed by atoms with Crippen molar-refractivity contribution in [3.8, 4) is 11.5 Å². The predicted octanol–water partition coefficient (Wildman–Crippen LogP) is 2.67. The first-order chi connectivity index (χ1) is 11.6. The van der Waals surface area contributed by atoms with E-state index in [-0.39, 0.29) is 12.5 Å². The van der Waals surface area contributed by atoms with Gasteiger partial charge in [-0.3, -0.25) is 9.59 Å². The van der Waals surface area contributed by atoms with Gasteiger partial charge in [-0.25, -0.2) is 9.89 Å². The number of fused-ring (bicyclic) bond motifs is 1. The Morgan fingerprint density at radius 1 is 1.04 bits per heavy atom. The van der Waals surface area contributed by atoms with Crippen molar-refractivity contribution in [3.63, 3.8) is 0 Å². The van der Waals surface area contributed by atoms with Gasteiger partial charge in [0.1, 0.15) is 5.71 Å². The second-order valence-corrected chi connectivity index (χ2v) is 5.65. The Morgan fingerprint density at radius 2 is 1.79 bits per heavy atom. The molecule has 4 rings (SSSR count). The molecule has 2 aromatic carbocycles. The van der Waals surface area contributed by atoms with E-state index < -0.39 is 17.2 Å². The number of carbonyl (C=O) groups is 2. The summed E-state index contributed by atoms with van der Waals surface area (Å²) in [5.41, 5.74) is 0.925. The van der Waals surface area contributed by atoms with Gasteiger partial charge in [-0.1, -0.05) is 18.2 Å². The van der Waals surface area contributed by atoms with Crippen molar-refractivity contribution in [2.24, 2.45) is 4.99 Å². The van der Waals surface area contributed by atoms with Gasteiger partial charge < -0.3 is 9.47 Å². The molecule has 2 aliphatic heterocycles.